The molecule has 1 N–H and O–H groups in total. The van der Waals surface area contributed by atoms with Crippen LogP contribution in [-0.4, -0.2) is 29.7 Å². The quantitative estimate of drug-likeness (QED) is 0.936. The van der Waals surface area contributed by atoms with E-state index in [4.69, 9.17) is 16.3 Å². The zero-order chi connectivity index (χ0) is 15.5. The van der Waals surface area contributed by atoms with Gasteiger partial charge in [0.25, 0.3) is 0 Å². The van der Waals surface area contributed by atoms with E-state index in [0.29, 0.717) is 22.5 Å². The Labute approximate surface area is 132 Å². The molecule has 0 saturated carbocycles. The molecule has 2 aromatic rings. The fourth-order valence-electron chi connectivity index (χ4n) is 2.67. The maximum absolute atomic E-state index is 12.1. The summed E-state index contributed by atoms with van der Waals surface area (Å²) in [5.41, 5.74) is 0.595. The summed E-state index contributed by atoms with van der Waals surface area (Å²) >= 11 is 5.93. The third kappa shape index (κ3) is 3.31. The lowest BCUT2D eigenvalue weighted by molar-refractivity contribution is -0.122. The van der Waals surface area contributed by atoms with Crippen molar-refractivity contribution in [1.29, 1.82) is 0 Å². The second-order valence-electron chi connectivity index (χ2n) is 5.41. The number of halogens is 1. The van der Waals surface area contributed by atoms with E-state index in [2.05, 4.69) is 5.32 Å². The number of carbonyl (C=O) groups excluding carboxylic acids is 1. The predicted octanol–water partition coefficient (Wildman–Crippen LogP) is 1.95. The molecule has 1 aromatic carbocycles. The van der Waals surface area contributed by atoms with Crippen LogP contribution in [0.2, 0.25) is 5.02 Å². The summed E-state index contributed by atoms with van der Waals surface area (Å²) in [6.07, 6.45) is 3.78. The summed E-state index contributed by atoms with van der Waals surface area (Å²) in [6, 6.07) is 6.54. The standard InChI is InChI=1S/C16H17ClN2O3/c17-11-3-4-14-13(8-11)15(20)5-6-19(14)10-16(21)18-9-12-2-1-7-22-12/h3-6,8,12H,1-2,7,9-10H2,(H,18,21)/t12-/m1/s1. The molecule has 1 saturated heterocycles. The largest absolute Gasteiger partial charge is 0.376 e. The number of nitrogens with zero attached hydrogens (tertiary/aromatic N) is 1. The lowest BCUT2D eigenvalue weighted by Crippen LogP contribution is -2.34. The lowest BCUT2D eigenvalue weighted by Gasteiger charge is -2.13. The van der Waals surface area contributed by atoms with Crippen molar-refractivity contribution in [2.45, 2.75) is 25.5 Å². The number of pyridine rings is 1. The number of rotatable bonds is 4. The lowest BCUT2D eigenvalue weighted by atomic mass is 10.2. The molecule has 2 heterocycles. The molecule has 1 aromatic heterocycles. The minimum absolute atomic E-state index is 0.101. The Bertz CT molecular complexity index is 751. The van der Waals surface area contributed by atoms with Crippen molar-refractivity contribution in [3.63, 3.8) is 0 Å². The highest BCUT2D eigenvalue weighted by Gasteiger charge is 2.16. The second-order valence-corrected chi connectivity index (χ2v) is 5.84. The second kappa shape index (κ2) is 6.50. The molecule has 3 rings (SSSR count). The van der Waals surface area contributed by atoms with Crippen molar-refractivity contribution in [1.82, 2.24) is 9.88 Å². The molecular formula is C16H17ClN2O3. The Balaban J connectivity index is 1.74. The Kier molecular flexibility index (Phi) is 4.45. The zero-order valence-corrected chi connectivity index (χ0v) is 12.8. The topological polar surface area (TPSA) is 60.3 Å². The van der Waals surface area contributed by atoms with Gasteiger partial charge in [-0.25, -0.2) is 0 Å². The Morgan fingerprint density at radius 1 is 1.41 bits per heavy atom. The van der Waals surface area contributed by atoms with E-state index in [9.17, 15) is 9.59 Å². The highest BCUT2D eigenvalue weighted by Crippen LogP contribution is 2.16. The van der Waals surface area contributed by atoms with Crippen LogP contribution in [-0.2, 0) is 16.1 Å². The number of ether oxygens (including phenoxy) is 1. The Morgan fingerprint density at radius 3 is 3.05 bits per heavy atom. The molecule has 1 atom stereocenters. The van der Waals surface area contributed by atoms with Crippen molar-refractivity contribution < 1.29 is 9.53 Å². The van der Waals surface area contributed by atoms with Crippen molar-refractivity contribution in [3.05, 3.63) is 45.7 Å². The summed E-state index contributed by atoms with van der Waals surface area (Å²) in [6.45, 7) is 1.46. The molecule has 0 aliphatic carbocycles. The van der Waals surface area contributed by atoms with Crippen molar-refractivity contribution in [2.75, 3.05) is 13.2 Å². The number of fused-ring (bicyclic) bond motifs is 1. The van der Waals surface area contributed by atoms with Gasteiger partial charge in [-0.1, -0.05) is 11.6 Å². The van der Waals surface area contributed by atoms with E-state index in [0.717, 1.165) is 19.4 Å². The van der Waals surface area contributed by atoms with E-state index in [1.807, 2.05) is 0 Å². The molecule has 116 valence electrons. The smallest absolute Gasteiger partial charge is 0.240 e. The van der Waals surface area contributed by atoms with E-state index < -0.39 is 0 Å². The van der Waals surface area contributed by atoms with E-state index >= 15 is 0 Å². The van der Waals surface area contributed by atoms with Gasteiger partial charge >= 0.3 is 0 Å². The average Bonchev–Trinajstić information content (AvgIpc) is 3.02. The highest BCUT2D eigenvalue weighted by molar-refractivity contribution is 6.31. The molecule has 0 unspecified atom stereocenters. The number of aromatic nitrogens is 1. The van der Waals surface area contributed by atoms with Gasteiger partial charge in [-0.2, -0.15) is 0 Å². The third-order valence-corrected chi connectivity index (χ3v) is 4.04. The number of hydrogen-bond donors (Lipinski definition) is 1. The Hall–Kier alpha value is -1.85. The summed E-state index contributed by atoms with van der Waals surface area (Å²) in [5.74, 6) is -0.101. The highest BCUT2D eigenvalue weighted by atomic mass is 35.5. The number of nitrogens with one attached hydrogen (secondary N) is 1. The maximum atomic E-state index is 12.1. The third-order valence-electron chi connectivity index (χ3n) is 3.80. The van der Waals surface area contributed by atoms with Crippen LogP contribution in [0.3, 0.4) is 0 Å². The normalized spacial score (nSPS) is 17.8. The summed E-state index contributed by atoms with van der Waals surface area (Å²) in [5, 5.41) is 3.90. The molecule has 0 spiro atoms. The van der Waals surface area contributed by atoms with Crippen LogP contribution < -0.4 is 10.7 Å². The van der Waals surface area contributed by atoms with Gasteiger partial charge in [-0.15, -0.1) is 0 Å². The Morgan fingerprint density at radius 2 is 2.27 bits per heavy atom. The first-order chi connectivity index (χ1) is 10.6. The fraction of sp³-hybridized carbons (Fsp3) is 0.375. The van der Waals surface area contributed by atoms with Gasteiger partial charge < -0.3 is 14.6 Å². The van der Waals surface area contributed by atoms with Gasteiger partial charge in [0, 0.05) is 35.8 Å². The minimum Gasteiger partial charge on any atom is -0.376 e. The molecule has 1 amide bonds. The van der Waals surface area contributed by atoms with Crippen molar-refractivity contribution >= 4 is 28.4 Å². The molecule has 1 aliphatic rings. The van der Waals surface area contributed by atoms with Crippen LogP contribution in [0, 0.1) is 0 Å². The molecule has 1 aliphatic heterocycles. The first-order valence-electron chi connectivity index (χ1n) is 7.30. The maximum Gasteiger partial charge on any atom is 0.240 e. The molecule has 0 radical (unpaired) electrons. The van der Waals surface area contributed by atoms with Gasteiger partial charge in [0.05, 0.1) is 11.6 Å². The SMILES string of the molecule is O=C(Cn1ccc(=O)c2cc(Cl)ccc21)NC[C@H]1CCCO1. The first kappa shape index (κ1) is 15.1. The fourth-order valence-corrected chi connectivity index (χ4v) is 2.84. The van der Waals surface area contributed by atoms with Crippen molar-refractivity contribution in [3.8, 4) is 0 Å². The first-order valence-corrected chi connectivity index (χ1v) is 7.68. The van der Waals surface area contributed by atoms with Crippen LogP contribution in [0.1, 0.15) is 12.8 Å². The molecule has 6 heteroatoms. The van der Waals surface area contributed by atoms with Crippen LogP contribution in [0.15, 0.2) is 35.3 Å². The van der Waals surface area contributed by atoms with Crippen LogP contribution in [0.4, 0.5) is 0 Å². The molecule has 22 heavy (non-hydrogen) atoms. The minimum atomic E-state index is -0.103. The van der Waals surface area contributed by atoms with Gasteiger partial charge in [-0.3, -0.25) is 9.59 Å². The number of carbonyl (C=O) groups is 1. The van der Waals surface area contributed by atoms with Gasteiger partial charge in [-0.05, 0) is 31.0 Å². The monoisotopic (exact) mass is 320 g/mol. The van der Waals surface area contributed by atoms with Gasteiger partial charge in [0.15, 0.2) is 5.43 Å². The van der Waals surface area contributed by atoms with Crippen molar-refractivity contribution in [2.24, 2.45) is 0 Å². The molecule has 5 nitrogen and oxygen atoms in total. The summed E-state index contributed by atoms with van der Waals surface area (Å²) < 4.78 is 7.22. The zero-order valence-electron chi connectivity index (χ0n) is 12.0. The molecule has 0 bridgehead atoms. The van der Waals surface area contributed by atoms with Crippen LogP contribution >= 0.6 is 11.6 Å². The average molecular weight is 321 g/mol. The summed E-state index contributed by atoms with van der Waals surface area (Å²) in [7, 11) is 0. The van der Waals surface area contributed by atoms with Crippen LogP contribution in [0.25, 0.3) is 10.9 Å². The summed E-state index contributed by atoms with van der Waals surface area (Å²) in [4.78, 5) is 24.0. The van der Waals surface area contributed by atoms with E-state index in [-0.39, 0.29) is 24.0 Å². The van der Waals surface area contributed by atoms with E-state index in [1.54, 1.807) is 29.0 Å². The molecule has 1 fully saturated rings. The predicted molar refractivity (Wildman–Crippen MR) is 85.2 cm³/mol. The van der Waals surface area contributed by atoms with Gasteiger partial charge in [0.1, 0.15) is 6.54 Å². The number of benzene rings is 1. The van der Waals surface area contributed by atoms with Gasteiger partial charge in [0.2, 0.25) is 5.91 Å². The molecular weight excluding hydrogens is 304 g/mol. The van der Waals surface area contributed by atoms with E-state index in [1.165, 1.54) is 6.07 Å². The number of hydrogen-bond acceptors (Lipinski definition) is 3. The van der Waals surface area contributed by atoms with Crippen LogP contribution in [0.5, 0.6) is 0 Å². The number of amides is 1.